The van der Waals surface area contributed by atoms with Gasteiger partial charge in [0.15, 0.2) is 6.29 Å². The molecule has 8 heteroatoms. The van der Waals surface area contributed by atoms with Crippen LogP contribution in [0.2, 0.25) is 0 Å². The van der Waals surface area contributed by atoms with Gasteiger partial charge in [0.25, 0.3) is 0 Å². The van der Waals surface area contributed by atoms with Crippen LogP contribution in [0.25, 0.3) is 0 Å². The van der Waals surface area contributed by atoms with E-state index in [0.29, 0.717) is 0 Å². The van der Waals surface area contributed by atoms with E-state index in [2.05, 4.69) is 10.1 Å². The van der Waals surface area contributed by atoms with E-state index in [1.54, 1.807) is 0 Å². The van der Waals surface area contributed by atoms with Crippen molar-refractivity contribution in [2.24, 2.45) is 0 Å². The van der Waals surface area contributed by atoms with Crippen molar-refractivity contribution >= 4 is 5.91 Å². The van der Waals surface area contributed by atoms with Crippen LogP contribution in [-0.2, 0) is 14.3 Å². The average Bonchev–Trinajstić information content (AvgIpc) is 2.29. The van der Waals surface area contributed by atoms with E-state index in [4.69, 9.17) is 9.84 Å². The standard InChI is InChI=1S/C9H17NO7/c1-16-3-5(12)10-6-8(14)7(13)4(2-11)17-9(6)15/h4,6-9,11,13-15H,2-3H2,1H3,(H,10,12). The molecule has 0 aromatic heterocycles. The van der Waals surface area contributed by atoms with E-state index in [-0.39, 0.29) is 6.61 Å². The lowest BCUT2D eigenvalue weighted by atomic mass is 9.97. The zero-order valence-electron chi connectivity index (χ0n) is 9.31. The maximum atomic E-state index is 11.2. The summed E-state index contributed by atoms with van der Waals surface area (Å²) in [5.41, 5.74) is 0. The minimum atomic E-state index is -1.51. The second-order valence-corrected chi connectivity index (χ2v) is 3.76. The monoisotopic (exact) mass is 251 g/mol. The molecule has 0 bridgehead atoms. The zero-order chi connectivity index (χ0) is 13.0. The summed E-state index contributed by atoms with van der Waals surface area (Å²) in [4.78, 5) is 11.2. The number of aliphatic hydroxyl groups is 4. The van der Waals surface area contributed by atoms with Crippen molar-refractivity contribution in [3.05, 3.63) is 0 Å². The SMILES string of the molecule is COCC(=O)NC1C(O)OC(CO)C(O)C1O. The van der Waals surface area contributed by atoms with Gasteiger partial charge in [-0.25, -0.2) is 0 Å². The first-order valence-electron chi connectivity index (χ1n) is 5.10. The highest BCUT2D eigenvalue weighted by Crippen LogP contribution is 2.19. The number of hydrogen-bond donors (Lipinski definition) is 5. The largest absolute Gasteiger partial charge is 0.394 e. The van der Waals surface area contributed by atoms with Gasteiger partial charge < -0.3 is 35.2 Å². The van der Waals surface area contributed by atoms with Crippen LogP contribution < -0.4 is 5.32 Å². The fourth-order valence-electron chi connectivity index (χ4n) is 1.61. The smallest absolute Gasteiger partial charge is 0.246 e. The van der Waals surface area contributed by atoms with Crippen molar-refractivity contribution in [1.82, 2.24) is 5.32 Å². The lowest BCUT2D eigenvalue weighted by Gasteiger charge is -2.40. The molecule has 5 atom stereocenters. The van der Waals surface area contributed by atoms with Gasteiger partial charge in [-0.05, 0) is 0 Å². The molecule has 0 aromatic carbocycles. The fraction of sp³-hybridized carbons (Fsp3) is 0.889. The molecule has 1 amide bonds. The van der Waals surface area contributed by atoms with Crippen LogP contribution in [0, 0.1) is 0 Å². The molecule has 1 aliphatic heterocycles. The Morgan fingerprint density at radius 3 is 2.53 bits per heavy atom. The highest BCUT2D eigenvalue weighted by molar-refractivity contribution is 5.77. The predicted octanol–water partition coefficient (Wildman–Crippen LogP) is -3.45. The normalized spacial score (nSPS) is 37.8. The van der Waals surface area contributed by atoms with E-state index in [0.717, 1.165) is 0 Å². The van der Waals surface area contributed by atoms with Crippen LogP contribution in [0.1, 0.15) is 0 Å². The maximum absolute atomic E-state index is 11.2. The summed E-state index contributed by atoms with van der Waals surface area (Å²) in [6.07, 6.45) is -5.42. The third kappa shape index (κ3) is 3.35. The fourth-order valence-corrected chi connectivity index (χ4v) is 1.61. The number of aliphatic hydroxyl groups excluding tert-OH is 4. The Kier molecular flexibility index (Phi) is 5.25. The third-order valence-corrected chi connectivity index (χ3v) is 2.50. The first-order valence-corrected chi connectivity index (χ1v) is 5.10. The average molecular weight is 251 g/mol. The van der Waals surface area contributed by atoms with Gasteiger partial charge in [0.05, 0.1) is 6.61 Å². The van der Waals surface area contributed by atoms with Crippen LogP contribution >= 0.6 is 0 Å². The molecule has 5 unspecified atom stereocenters. The van der Waals surface area contributed by atoms with Crippen molar-refractivity contribution in [2.45, 2.75) is 30.6 Å². The number of hydrogen-bond acceptors (Lipinski definition) is 7. The minimum Gasteiger partial charge on any atom is -0.394 e. The summed E-state index contributed by atoms with van der Waals surface area (Å²) in [5.74, 6) is -0.561. The first-order chi connectivity index (χ1) is 8.01. The molecule has 1 saturated heterocycles. The van der Waals surface area contributed by atoms with Gasteiger partial charge in [-0.2, -0.15) is 0 Å². The molecule has 1 aliphatic rings. The van der Waals surface area contributed by atoms with Crippen LogP contribution in [0.5, 0.6) is 0 Å². The summed E-state index contributed by atoms with van der Waals surface area (Å²) in [6, 6.07) is -1.17. The van der Waals surface area contributed by atoms with Gasteiger partial charge in [-0.3, -0.25) is 4.79 Å². The number of nitrogens with one attached hydrogen (secondary N) is 1. The summed E-state index contributed by atoms with van der Waals surface area (Å²) in [5, 5.41) is 39.8. The maximum Gasteiger partial charge on any atom is 0.246 e. The Hall–Kier alpha value is -0.770. The first kappa shape index (κ1) is 14.3. The summed E-state index contributed by atoms with van der Waals surface area (Å²) in [7, 11) is 1.32. The van der Waals surface area contributed by atoms with Crippen LogP contribution in [0.4, 0.5) is 0 Å². The van der Waals surface area contributed by atoms with Gasteiger partial charge in [-0.15, -0.1) is 0 Å². The molecule has 0 aliphatic carbocycles. The minimum absolute atomic E-state index is 0.241. The Morgan fingerprint density at radius 2 is 2.00 bits per heavy atom. The molecule has 8 nitrogen and oxygen atoms in total. The molecule has 1 fully saturated rings. The van der Waals surface area contributed by atoms with Gasteiger partial charge in [0.1, 0.15) is 31.0 Å². The molecule has 100 valence electrons. The number of methoxy groups -OCH3 is 1. The Balaban J connectivity index is 2.63. The van der Waals surface area contributed by atoms with Crippen LogP contribution in [0.15, 0.2) is 0 Å². The zero-order valence-corrected chi connectivity index (χ0v) is 9.31. The predicted molar refractivity (Wildman–Crippen MR) is 53.8 cm³/mol. The van der Waals surface area contributed by atoms with Crippen molar-refractivity contribution in [3.63, 3.8) is 0 Å². The number of carbonyl (C=O) groups excluding carboxylic acids is 1. The number of ether oxygens (including phenoxy) is 2. The molecule has 1 rings (SSSR count). The van der Waals surface area contributed by atoms with Crippen molar-refractivity contribution in [2.75, 3.05) is 20.3 Å². The molecule has 1 heterocycles. The van der Waals surface area contributed by atoms with E-state index >= 15 is 0 Å². The van der Waals surface area contributed by atoms with Crippen molar-refractivity contribution < 1.29 is 34.7 Å². The molecule has 0 spiro atoms. The summed E-state index contributed by atoms with van der Waals surface area (Å²) < 4.78 is 9.42. The lowest BCUT2D eigenvalue weighted by molar-refractivity contribution is -0.254. The molecule has 5 N–H and O–H groups in total. The third-order valence-electron chi connectivity index (χ3n) is 2.50. The van der Waals surface area contributed by atoms with Crippen molar-refractivity contribution in [1.29, 1.82) is 0 Å². The molecular weight excluding hydrogens is 234 g/mol. The Morgan fingerprint density at radius 1 is 1.35 bits per heavy atom. The van der Waals surface area contributed by atoms with Gasteiger partial charge >= 0.3 is 0 Å². The topological polar surface area (TPSA) is 128 Å². The Bertz CT molecular complexity index is 262. The number of amides is 1. The van der Waals surface area contributed by atoms with Gasteiger partial charge in [-0.1, -0.05) is 0 Å². The molecular formula is C9H17NO7. The highest BCUT2D eigenvalue weighted by atomic mass is 16.6. The van der Waals surface area contributed by atoms with Gasteiger partial charge in [0.2, 0.25) is 5.91 Å². The van der Waals surface area contributed by atoms with E-state index in [1.165, 1.54) is 7.11 Å². The lowest BCUT2D eigenvalue weighted by Crippen LogP contribution is -2.64. The highest BCUT2D eigenvalue weighted by Gasteiger charge is 2.44. The summed E-state index contributed by atoms with van der Waals surface area (Å²) >= 11 is 0. The second-order valence-electron chi connectivity index (χ2n) is 3.76. The number of carbonyl (C=O) groups is 1. The summed E-state index contributed by atoms with van der Waals surface area (Å²) in [6.45, 7) is -0.788. The van der Waals surface area contributed by atoms with Crippen molar-refractivity contribution in [3.8, 4) is 0 Å². The van der Waals surface area contributed by atoms with E-state index < -0.39 is 43.2 Å². The van der Waals surface area contributed by atoms with Crippen LogP contribution in [-0.4, -0.2) is 77.3 Å². The van der Waals surface area contributed by atoms with E-state index in [9.17, 15) is 20.1 Å². The molecule has 0 radical (unpaired) electrons. The quantitative estimate of drug-likeness (QED) is 0.351. The van der Waals surface area contributed by atoms with Gasteiger partial charge in [0, 0.05) is 7.11 Å². The molecule has 0 saturated carbocycles. The molecule has 0 aromatic rings. The van der Waals surface area contributed by atoms with E-state index in [1.807, 2.05) is 0 Å². The number of rotatable bonds is 4. The van der Waals surface area contributed by atoms with Crippen LogP contribution in [0.3, 0.4) is 0 Å². The second kappa shape index (κ2) is 6.24. The Labute approximate surface area is 97.8 Å². The molecule has 17 heavy (non-hydrogen) atoms.